The lowest BCUT2D eigenvalue weighted by atomic mass is 9.36. The first-order chi connectivity index (χ1) is 29.1. The van der Waals surface area contributed by atoms with E-state index in [1.54, 1.807) is 0 Å². The first kappa shape index (κ1) is 41.2. The second-order valence-electron chi connectivity index (χ2n) is 22.5. The zero-order valence-electron chi connectivity index (χ0n) is 39.6. The molecule has 0 fully saturated rings. The molecule has 0 saturated carbocycles. The number of rotatable bonds is 3. The minimum absolute atomic E-state index is 0.0554. The van der Waals surface area contributed by atoms with Crippen LogP contribution in [0, 0.1) is 25.2 Å². The van der Waals surface area contributed by atoms with E-state index in [-0.39, 0.29) is 34.3 Å². The molecule has 6 aliphatic rings. The van der Waals surface area contributed by atoms with Gasteiger partial charge >= 0.3 is 0 Å². The van der Waals surface area contributed by atoms with Crippen molar-refractivity contribution in [1.82, 2.24) is 0 Å². The van der Waals surface area contributed by atoms with Gasteiger partial charge in [-0.05, 0) is 171 Å². The van der Waals surface area contributed by atoms with Crippen LogP contribution < -0.4 is 20.7 Å². The standard InChI is InChI=1S/C58H63BN2S/c1-34-28-48-52-49(29-34)61(46-30-38(19-18-35(46)2)51-36(3)16-15-17-37(51)4)47-33-44-43(57(11,12)26-27-58(44,13)14)32-45(47)59(52)54-53(42-31-40(56(8,9)10)22-25-50(42)62-54)60(48)41-23-20-39(21-24-41)55(5,6)7/h16,18-25,28-33,42,50H,26-27H2,1-14H3. The molecule has 0 radical (unpaired) electrons. The summed E-state index contributed by atoms with van der Waals surface area (Å²) < 4.78 is 0. The molecular weight excluding hydrogens is 768 g/mol. The van der Waals surface area contributed by atoms with Crippen LogP contribution in [0.1, 0.15) is 129 Å². The number of nitrogens with zero attached hydrogens (tertiary/aromatic N) is 2. The topological polar surface area (TPSA) is 6.48 Å². The zero-order valence-corrected chi connectivity index (χ0v) is 40.4. The van der Waals surface area contributed by atoms with E-state index in [1.165, 1.54) is 113 Å². The third-order valence-electron chi connectivity index (χ3n) is 15.0. The molecule has 0 aromatic heterocycles. The smallest absolute Gasteiger partial charge is 0.259 e. The SMILES string of the molecule is CC1=C=C=CC(C)=C1c1ccc(C)c(N2c3cc4c(cc3B3C5=C(C6C=C(C(C)(C)C)C=CC6S5)N(c5ccc(C(C)(C)C)cc5)c5cc(C)cc2c53)C(C)(C)CCC4(C)C)c1. The molecule has 2 atom stereocenters. The highest BCUT2D eigenvalue weighted by Gasteiger charge is 2.52. The minimum Gasteiger partial charge on any atom is -0.314 e. The predicted molar refractivity (Wildman–Crippen MR) is 270 cm³/mol. The highest BCUT2D eigenvalue weighted by atomic mass is 32.2. The molecule has 3 aliphatic heterocycles. The maximum Gasteiger partial charge on any atom is 0.259 e. The number of hydrogen-bond donors (Lipinski definition) is 0. The van der Waals surface area contributed by atoms with Crippen LogP contribution in [0.15, 0.2) is 130 Å². The molecule has 0 spiro atoms. The summed E-state index contributed by atoms with van der Waals surface area (Å²) in [5.74, 6) is 0.258. The summed E-state index contributed by atoms with van der Waals surface area (Å²) in [6, 6.07) is 27.0. The quantitative estimate of drug-likeness (QED) is 0.150. The summed E-state index contributed by atoms with van der Waals surface area (Å²) in [4.78, 5) is 6.88. The third kappa shape index (κ3) is 6.31. The van der Waals surface area contributed by atoms with Gasteiger partial charge in [0.1, 0.15) is 0 Å². The molecule has 62 heavy (non-hydrogen) atoms. The van der Waals surface area contributed by atoms with Crippen molar-refractivity contribution < 1.29 is 0 Å². The monoisotopic (exact) mass is 830 g/mol. The molecule has 4 aromatic carbocycles. The lowest BCUT2D eigenvalue weighted by Crippen LogP contribution is -2.56. The van der Waals surface area contributed by atoms with E-state index >= 15 is 0 Å². The summed E-state index contributed by atoms with van der Waals surface area (Å²) in [7, 11) is 0. The summed E-state index contributed by atoms with van der Waals surface area (Å²) in [5, 5.41) is 0.334. The number of benzene rings is 4. The molecule has 0 N–H and O–H groups in total. The zero-order chi connectivity index (χ0) is 44.0. The van der Waals surface area contributed by atoms with E-state index in [0.717, 1.165) is 5.57 Å². The highest BCUT2D eigenvalue weighted by Crippen LogP contribution is 2.57. The van der Waals surface area contributed by atoms with Gasteiger partial charge in [-0.2, -0.15) is 0 Å². The van der Waals surface area contributed by atoms with E-state index in [1.807, 2.05) is 0 Å². The minimum atomic E-state index is 0.0554. The number of anilines is 5. The van der Waals surface area contributed by atoms with Crippen molar-refractivity contribution in [3.05, 3.63) is 163 Å². The Morgan fingerprint density at radius 3 is 2.03 bits per heavy atom. The van der Waals surface area contributed by atoms with Crippen LogP contribution in [0.5, 0.6) is 0 Å². The fourth-order valence-electron chi connectivity index (χ4n) is 11.3. The van der Waals surface area contributed by atoms with Crippen LogP contribution in [-0.2, 0) is 16.2 Å². The molecule has 10 rings (SSSR count). The van der Waals surface area contributed by atoms with Crippen molar-refractivity contribution in [3.63, 3.8) is 0 Å². The highest BCUT2D eigenvalue weighted by molar-refractivity contribution is 8.06. The molecule has 2 unspecified atom stereocenters. The normalized spacial score (nSPS) is 21.7. The molecular formula is C58H63BN2S. The molecule has 2 nitrogen and oxygen atoms in total. The Labute approximate surface area is 377 Å². The first-order valence-electron chi connectivity index (χ1n) is 23.0. The van der Waals surface area contributed by atoms with Crippen molar-refractivity contribution in [2.24, 2.45) is 11.3 Å². The van der Waals surface area contributed by atoms with E-state index in [0.29, 0.717) is 5.25 Å². The number of thioether (sulfide) groups is 1. The fraction of sp³-hybridized carbons (Fsp3) is 0.379. The Balaban J connectivity index is 1.31. The van der Waals surface area contributed by atoms with Crippen LogP contribution in [0.4, 0.5) is 28.4 Å². The van der Waals surface area contributed by atoms with Crippen molar-refractivity contribution >= 4 is 63.4 Å². The van der Waals surface area contributed by atoms with Gasteiger partial charge in [0.05, 0.1) is 0 Å². The van der Waals surface area contributed by atoms with Crippen molar-refractivity contribution in [2.45, 2.75) is 131 Å². The predicted octanol–water partition coefficient (Wildman–Crippen LogP) is 14.6. The number of hydrogen-bond acceptors (Lipinski definition) is 3. The van der Waals surface area contributed by atoms with Gasteiger partial charge in [0.2, 0.25) is 0 Å². The third-order valence-corrected chi connectivity index (χ3v) is 16.5. The molecule has 0 amide bonds. The Kier molecular flexibility index (Phi) is 9.18. The summed E-state index contributed by atoms with van der Waals surface area (Å²) in [5.41, 5.74) is 30.8. The van der Waals surface area contributed by atoms with Crippen LogP contribution in [0.3, 0.4) is 0 Å². The number of aryl methyl sites for hydroxylation is 2. The van der Waals surface area contributed by atoms with Gasteiger partial charge in [-0.1, -0.05) is 129 Å². The fourth-order valence-corrected chi connectivity index (χ4v) is 12.8. The molecule has 4 heteroatoms. The van der Waals surface area contributed by atoms with Gasteiger partial charge in [0, 0.05) is 50.9 Å². The lowest BCUT2D eigenvalue weighted by molar-refractivity contribution is 0.332. The van der Waals surface area contributed by atoms with E-state index in [9.17, 15) is 0 Å². The summed E-state index contributed by atoms with van der Waals surface area (Å²) in [6.45, 7) is 33.1. The number of allylic oxidation sites excluding steroid dienone is 7. The molecule has 0 bridgehead atoms. The Hall–Kier alpha value is -4.85. The van der Waals surface area contributed by atoms with Crippen molar-refractivity contribution in [2.75, 3.05) is 9.80 Å². The Morgan fingerprint density at radius 2 is 1.39 bits per heavy atom. The molecule has 0 saturated heterocycles. The average molecular weight is 831 g/mol. The number of fused-ring (bicyclic) bond motifs is 6. The maximum atomic E-state index is 3.40. The van der Waals surface area contributed by atoms with Crippen molar-refractivity contribution in [1.29, 1.82) is 0 Å². The van der Waals surface area contributed by atoms with Gasteiger partial charge < -0.3 is 9.80 Å². The van der Waals surface area contributed by atoms with Crippen LogP contribution in [0.2, 0.25) is 0 Å². The van der Waals surface area contributed by atoms with E-state index in [4.69, 9.17) is 0 Å². The average Bonchev–Trinajstić information content (AvgIpc) is 3.58. The first-order valence-corrected chi connectivity index (χ1v) is 23.9. The molecule has 3 aliphatic carbocycles. The van der Waals surface area contributed by atoms with E-state index < -0.39 is 0 Å². The lowest BCUT2D eigenvalue weighted by Gasteiger charge is -2.47. The molecule has 314 valence electrons. The second-order valence-corrected chi connectivity index (χ2v) is 23.7. The maximum absolute atomic E-state index is 3.40. The van der Waals surface area contributed by atoms with Gasteiger partial charge in [0.25, 0.3) is 6.71 Å². The van der Waals surface area contributed by atoms with Crippen LogP contribution in [-0.4, -0.2) is 12.0 Å². The van der Waals surface area contributed by atoms with Crippen LogP contribution >= 0.6 is 11.8 Å². The van der Waals surface area contributed by atoms with Gasteiger partial charge in [-0.25, -0.2) is 0 Å². The molecule has 3 heterocycles. The summed E-state index contributed by atoms with van der Waals surface area (Å²) >= 11 is 2.13. The summed E-state index contributed by atoms with van der Waals surface area (Å²) in [6.07, 6.45) is 12.0. The van der Waals surface area contributed by atoms with Gasteiger partial charge in [0.15, 0.2) is 0 Å². The largest absolute Gasteiger partial charge is 0.314 e. The molecule has 4 aromatic rings. The van der Waals surface area contributed by atoms with Gasteiger partial charge in [-0.3, -0.25) is 0 Å². The second kappa shape index (κ2) is 13.8. The van der Waals surface area contributed by atoms with Gasteiger partial charge in [-0.15, -0.1) is 11.8 Å². The van der Waals surface area contributed by atoms with E-state index in [2.05, 4.69) is 221 Å². The van der Waals surface area contributed by atoms with Crippen molar-refractivity contribution in [3.8, 4) is 0 Å². The Bertz CT molecular complexity index is 2860. The van der Waals surface area contributed by atoms with Crippen LogP contribution in [0.25, 0.3) is 5.57 Å². The Morgan fingerprint density at radius 1 is 0.726 bits per heavy atom.